The van der Waals surface area contributed by atoms with Crippen molar-refractivity contribution in [1.82, 2.24) is 4.90 Å². The van der Waals surface area contributed by atoms with Crippen LogP contribution in [0.25, 0.3) is 0 Å². The zero-order chi connectivity index (χ0) is 33.0. The zero-order valence-electron chi connectivity index (χ0n) is 27.3. The van der Waals surface area contributed by atoms with Crippen molar-refractivity contribution >= 4 is 11.9 Å². The summed E-state index contributed by atoms with van der Waals surface area (Å²) in [5.74, 6) is -3.65. The zero-order valence-corrected chi connectivity index (χ0v) is 27.3. The van der Waals surface area contributed by atoms with Crippen LogP contribution in [0.15, 0.2) is 30.3 Å². The molecule has 1 heterocycles. The van der Waals surface area contributed by atoms with Gasteiger partial charge < -0.3 is 43.7 Å². The molecule has 0 aromatic heterocycles. The molecule has 7 bridgehead atoms. The van der Waals surface area contributed by atoms with Crippen LogP contribution in [0.2, 0.25) is 0 Å². The average molecular weight is 646 g/mol. The molecule has 12 heteroatoms. The average Bonchev–Trinajstić information content (AvgIpc) is 3.41. The van der Waals surface area contributed by atoms with Gasteiger partial charge in [-0.2, -0.15) is 0 Å². The SMILES string of the molecule is CCN1C[C@@]2(COC)C3[C@@H](OC)[C@H]4C1[C@]3([C@@H](OC)C[C@H]2O)[C@@H]1C[C@]2(O)[C@H](OC(=O)c3ccccc3)C1[C@]4(OC(C)=O)[C@@H](O)[C@@H]2OC. The Morgan fingerprint density at radius 2 is 1.72 bits per heavy atom. The van der Waals surface area contributed by atoms with Crippen molar-refractivity contribution < 1.29 is 53.3 Å². The summed E-state index contributed by atoms with van der Waals surface area (Å²) in [5.41, 5.74) is -4.79. The molecule has 7 rings (SSSR count). The first-order valence-corrected chi connectivity index (χ1v) is 16.3. The summed E-state index contributed by atoms with van der Waals surface area (Å²) in [5, 5.41) is 37.3. The highest BCUT2D eigenvalue weighted by Gasteiger charge is 2.92. The normalized spacial score (nSPS) is 49.9. The van der Waals surface area contributed by atoms with Crippen LogP contribution >= 0.6 is 0 Å². The maximum absolute atomic E-state index is 13.8. The van der Waals surface area contributed by atoms with Crippen molar-refractivity contribution in [3.63, 3.8) is 0 Å². The van der Waals surface area contributed by atoms with Crippen LogP contribution < -0.4 is 0 Å². The Morgan fingerprint density at radius 3 is 2.30 bits per heavy atom. The third-order valence-corrected chi connectivity index (χ3v) is 13.2. The van der Waals surface area contributed by atoms with Gasteiger partial charge in [-0.25, -0.2) is 4.79 Å². The van der Waals surface area contributed by atoms with Gasteiger partial charge in [0.2, 0.25) is 0 Å². The first-order valence-electron chi connectivity index (χ1n) is 16.3. The highest BCUT2D eigenvalue weighted by molar-refractivity contribution is 5.89. The quantitative estimate of drug-likeness (QED) is 0.323. The smallest absolute Gasteiger partial charge is 0.338 e. The lowest BCUT2D eigenvalue weighted by Crippen LogP contribution is -2.81. The number of esters is 2. The fourth-order valence-corrected chi connectivity index (χ4v) is 12.3. The topological polar surface area (TPSA) is 153 Å². The molecule has 3 unspecified atom stereocenters. The van der Waals surface area contributed by atoms with E-state index in [-0.39, 0.29) is 25.0 Å². The Hall–Kier alpha value is -2.16. The van der Waals surface area contributed by atoms with Gasteiger partial charge in [0, 0.05) is 83.0 Å². The molecule has 5 saturated carbocycles. The van der Waals surface area contributed by atoms with Gasteiger partial charge in [0.1, 0.15) is 23.9 Å². The van der Waals surface area contributed by atoms with Crippen LogP contribution in [0.3, 0.4) is 0 Å². The number of nitrogens with zero attached hydrogens (tertiary/aromatic N) is 1. The van der Waals surface area contributed by atoms with E-state index in [4.69, 9.17) is 28.4 Å². The largest absolute Gasteiger partial charge is 0.455 e. The van der Waals surface area contributed by atoms with Gasteiger partial charge in [-0.1, -0.05) is 25.1 Å². The molecule has 15 atom stereocenters. The van der Waals surface area contributed by atoms with E-state index in [0.717, 1.165) is 0 Å². The molecule has 6 aliphatic rings. The minimum absolute atomic E-state index is 0.0791. The molecular formula is C34H47NO11. The van der Waals surface area contributed by atoms with Crippen LogP contribution in [0.5, 0.6) is 0 Å². The van der Waals surface area contributed by atoms with Crippen LogP contribution in [-0.4, -0.2) is 134 Å². The molecule has 1 aromatic carbocycles. The Kier molecular flexibility index (Phi) is 7.69. The van der Waals surface area contributed by atoms with Gasteiger partial charge in [-0.3, -0.25) is 9.69 Å². The minimum atomic E-state index is -1.83. The molecule has 1 aromatic rings. The van der Waals surface area contributed by atoms with Gasteiger partial charge >= 0.3 is 11.9 Å². The molecule has 0 amide bonds. The fraction of sp³-hybridized carbons (Fsp3) is 0.765. The van der Waals surface area contributed by atoms with E-state index in [9.17, 15) is 24.9 Å². The van der Waals surface area contributed by atoms with Gasteiger partial charge in [0.05, 0.1) is 30.5 Å². The molecule has 254 valence electrons. The second kappa shape index (κ2) is 10.9. The highest BCUT2D eigenvalue weighted by atomic mass is 16.6. The Morgan fingerprint density at radius 1 is 1.00 bits per heavy atom. The van der Waals surface area contributed by atoms with Crippen molar-refractivity contribution in [2.24, 2.45) is 34.5 Å². The molecule has 5 aliphatic carbocycles. The molecule has 1 spiro atoms. The number of piperidine rings is 1. The number of carbonyl (C=O) groups excluding carboxylic acids is 2. The van der Waals surface area contributed by atoms with Crippen LogP contribution in [-0.2, 0) is 33.2 Å². The number of methoxy groups -OCH3 is 4. The summed E-state index contributed by atoms with van der Waals surface area (Å²) < 4.78 is 37.4. The number of hydrogen-bond acceptors (Lipinski definition) is 12. The first-order chi connectivity index (χ1) is 22.0. The lowest BCUT2D eigenvalue weighted by Gasteiger charge is -2.70. The van der Waals surface area contributed by atoms with Crippen molar-refractivity contribution in [2.45, 2.75) is 80.6 Å². The second-order valence-corrected chi connectivity index (χ2v) is 14.4. The summed E-state index contributed by atoms with van der Waals surface area (Å²) in [6.07, 6.45) is -5.49. The van der Waals surface area contributed by atoms with Crippen LogP contribution in [0.1, 0.15) is 37.0 Å². The van der Waals surface area contributed by atoms with E-state index < -0.39 is 88.3 Å². The van der Waals surface area contributed by atoms with E-state index >= 15 is 0 Å². The number of fused-ring (bicyclic) bond motifs is 2. The molecule has 46 heavy (non-hydrogen) atoms. The predicted octanol–water partition coefficient (Wildman–Crippen LogP) is 0.648. The maximum atomic E-state index is 13.8. The summed E-state index contributed by atoms with van der Waals surface area (Å²) in [7, 11) is 6.27. The third-order valence-electron chi connectivity index (χ3n) is 13.2. The number of ether oxygens (including phenoxy) is 6. The standard InChI is InChI=1S/C34H47NO11/c1-7-35-15-31(16-41-3)20(37)13-21(42-4)33-19-14-32(40)28(45-30(39)18-11-9-8-10-12-18)22(19)34(46-17(2)36,27(38)29(32)44-6)23(26(33)35)24(43-5)25(31)33/h8-12,19-29,37-38,40H,7,13-16H2,1-6H3/t19-,20-,21+,22?,23+,24+,25?,26?,27+,28-,29+,31+,32+,33+,34-/m1/s1. The number of aliphatic hydroxyl groups is 3. The van der Waals surface area contributed by atoms with Gasteiger partial charge in [0.15, 0.2) is 5.60 Å². The third kappa shape index (κ3) is 3.62. The van der Waals surface area contributed by atoms with E-state index in [1.165, 1.54) is 14.0 Å². The Bertz CT molecular complexity index is 1360. The highest BCUT2D eigenvalue weighted by Crippen LogP contribution is 2.80. The summed E-state index contributed by atoms with van der Waals surface area (Å²) >= 11 is 0. The lowest BCUT2D eigenvalue weighted by molar-refractivity contribution is -0.322. The van der Waals surface area contributed by atoms with E-state index in [1.807, 2.05) is 6.92 Å². The minimum Gasteiger partial charge on any atom is -0.455 e. The Labute approximate surface area is 269 Å². The number of hydrogen-bond donors (Lipinski definition) is 3. The first kappa shape index (κ1) is 32.4. The van der Waals surface area contributed by atoms with Crippen LogP contribution in [0, 0.1) is 34.5 Å². The second-order valence-electron chi connectivity index (χ2n) is 14.4. The monoisotopic (exact) mass is 645 g/mol. The number of rotatable bonds is 9. The molecule has 3 N–H and O–H groups in total. The van der Waals surface area contributed by atoms with Crippen molar-refractivity contribution in [1.29, 1.82) is 0 Å². The summed E-state index contributed by atoms with van der Waals surface area (Å²) in [6.45, 7) is 4.68. The molecule has 1 aliphatic heterocycles. The van der Waals surface area contributed by atoms with Gasteiger partial charge in [0.25, 0.3) is 0 Å². The van der Waals surface area contributed by atoms with E-state index in [1.54, 1.807) is 51.7 Å². The van der Waals surface area contributed by atoms with E-state index in [0.29, 0.717) is 25.1 Å². The van der Waals surface area contributed by atoms with Crippen molar-refractivity contribution in [3.05, 3.63) is 35.9 Å². The number of aliphatic hydroxyl groups excluding tert-OH is 2. The summed E-state index contributed by atoms with van der Waals surface area (Å²) in [4.78, 5) is 29.3. The summed E-state index contributed by atoms with van der Waals surface area (Å²) in [6, 6.07) is 8.18. The fourth-order valence-electron chi connectivity index (χ4n) is 12.3. The number of benzene rings is 1. The lowest BCUT2D eigenvalue weighted by atomic mass is 9.42. The Balaban J connectivity index is 1.53. The van der Waals surface area contributed by atoms with Crippen LogP contribution in [0.4, 0.5) is 0 Å². The molecule has 12 nitrogen and oxygen atoms in total. The predicted molar refractivity (Wildman–Crippen MR) is 160 cm³/mol. The van der Waals surface area contributed by atoms with E-state index in [2.05, 4.69) is 4.90 Å². The maximum Gasteiger partial charge on any atom is 0.338 e. The van der Waals surface area contributed by atoms with Crippen molar-refractivity contribution in [3.8, 4) is 0 Å². The molecular weight excluding hydrogens is 598 g/mol. The van der Waals surface area contributed by atoms with Gasteiger partial charge in [-0.15, -0.1) is 0 Å². The molecule has 6 fully saturated rings. The van der Waals surface area contributed by atoms with Gasteiger partial charge in [-0.05, 0) is 31.0 Å². The number of likely N-dealkylation sites (tertiary alicyclic amines) is 1. The number of carbonyl (C=O) groups is 2. The van der Waals surface area contributed by atoms with Crippen molar-refractivity contribution in [2.75, 3.05) is 48.1 Å². The molecule has 0 radical (unpaired) electrons. The molecule has 1 saturated heterocycles.